The Hall–Kier alpha value is -2.55. The second-order valence-electron chi connectivity index (χ2n) is 7.98. The van der Waals surface area contributed by atoms with Crippen LogP contribution < -0.4 is 10.9 Å². The molecule has 1 aliphatic rings. The first-order valence-electron chi connectivity index (χ1n) is 10.1. The monoisotopic (exact) mass is 425 g/mol. The zero-order chi connectivity index (χ0) is 21.3. The molecule has 0 unspecified atom stereocenters. The van der Waals surface area contributed by atoms with Crippen molar-refractivity contribution >= 4 is 27.5 Å². The first kappa shape index (κ1) is 20.7. The van der Waals surface area contributed by atoms with Crippen molar-refractivity contribution in [2.24, 2.45) is 7.05 Å². The fraction of sp³-hybridized carbons (Fsp3) is 0.409. The van der Waals surface area contributed by atoms with Crippen LogP contribution >= 0.6 is 11.3 Å². The lowest BCUT2D eigenvalue weighted by atomic mass is 10.1. The van der Waals surface area contributed by atoms with Crippen LogP contribution in [0.1, 0.15) is 26.4 Å². The van der Waals surface area contributed by atoms with Crippen LogP contribution in [0.25, 0.3) is 10.2 Å². The minimum absolute atomic E-state index is 0.121. The molecule has 0 saturated carbocycles. The molecular formula is C22H27N5O2S. The summed E-state index contributed by atoms with van der Waals surface area (Å²) in [6.07, 6.45) is 1.49. The normalized spacial score (nSPS) is 15.6. The van der Waals surface area contributed by atoms with Crippen molar-refractivity contribution in [2.45, 2.75) is 20.0 Å². The van der Waals surface area contributed by atoms with Crippen molar-refractivity contribution in [2.75, 3.05) is 33.2 Å². The average molecular weight is 426 g/mol. The van der Waals surface area contributed by atoms with Crippen LogP contribution in [0.2, 0.25) is 0 Å². The molecule has 1 saturated heterocycles. The summed E-state index contributed by atoms with van der Waals surface area (Å²) in [5, 5.41) is 3.53. The van der Waals surface area contributed by atoms with Crippen LogP contribution in [-0.4, -0.2) is 58.5 Å². The number of carbonyl (C=O) groups excluding carboxylic acids is 1. The van der Waals surface area contributed by atoms with Gasteiger partial charge < -0.3 is 14.8 Å². The van der Waals surface area contributed by atoms with Gasteiger partial charge in [-0.2, -0.15) is 0 Å². The summed E-state index contributed by atoms with van der Waals surface area (Å²) < 4.78 is 1.44. The van der Waals surface area contributed by atoms with Crippen LogP contribution in [0.15, 0.2) is 35.4 Å². The molecule has 158 valence electrons. The van der Waals surface area contributed by atoms with Crippen LogP contribution in [0.3, 0.4) is 0 Å². The highest BCUT2D eigenvalue weighted by Gasteiger charge is 2.19. The van der Waals surface area contributed by atoms with Crippen LogP contribution in [0.4, 0.5) is 0 Å². The average Bonchev–Trinajstić information content (AvgIpc) is 3.08. The Kier molecular flexibility index (Phi) is 5.99. The summed E-state index contributed by atoms with van der Waals surface area (Å²) in [4.78, 5) is 35.4. The number of aromatic nitrogens is 2. The maximum atomic E-state index is 12.8. The van der Waals surface area contributed by atoms with Crippen molar-refractivity contribution < 1.29 is 4.79 Å². The first-order valence-corrected chi connectivity index (χ1v) is 11.0. The highest BCUT2D eigenvalue weighted by molar-refractivity contribution is 7.20. The number of carbonyl (C=O) groups is 1. The van der Waals surface area contributed by atoms with Gasteiger partial charge in [0.25, 0.3) is 11.5 Å². The summed E-state index contributed by atoms with van der Waals surface area (Å²) in [7, 11) is 3.83. The van der Waals surface area contributed by atoms with Crippen molar-refractivity contribution in [1.29, 1.82) is 0 Å². The molecule has 0 radical (unpaired) electrons. The molecular weight excluding hydrogens is 398 g/mol. The Balaban J connectivity index is 1.43. The molecule has 4 rings (SSSR count). The standard InChI is InChI=1S/C22H27N5O2S/c1-15-18-21(24-14-26(3)22(18)29)30-19(15)20(28)23-12-16-5-4-6-17(11-16)13-27-9-7-25(2)8-10-27/h4-6,11,14H,7-10,12-13H2,1-3H3,(H,23,28). The first-order chi connectivity index (χ1) is 14.4. The molecule has 3 aromatic rings. The van der Waals surface area contributed by atoms with E-state index in [4.69, 9.17) is 0 Å². The number of nitrogens with one attached hydrogen (secondary N) is 1. The van der Waals surface area contributed by atoms with Gasteiger partial charge >= 0.3 is 0 Å². The zero-order valence-corrected chi connectivity index (χ0v) is 18.5. The molecule has 0 bridgehead atoms. The molecule has 1 fully saturated rings. The van der Waals surface area contributed by atoms with Gasteiger partial charge in [-0.15, -0.1) is 11.3 Å². The predicted molar refractivity (Wildman–Crippen MR) is 120 cm³/mol. The van der Waals surface area contributed by atoms with Crippen molar-refractivity contribution in [1.82, 2.24) is 24.7 Å². The number of likely N-dealkylation sites (N-methyl/N-ethyl adjacent to an activating group) is 1. The topological polar surface area (TPSA) is 70.5 Å². The van der Waals surface area contributed by atoms with Crippen LogP contribution in [-0.2, 0) is 20.1 Å². The van der Waals surface area contributed by atoms with E-state index >= 15 is 0 Å². The van der Waals surface area contributed by atoms with Crippen molar-refractivity contribution in [3.8, 4) is 0 Å². The van der Waals surface area contributed by atoms with E-state index in [1.807, 2.05) is 19.1 Å². The Bertz CT molecular complexity index is 1130. The van der Waals surface area contributed by atoms with Crippen molar-refractivity contribution in [3.05, 3.63) is 62.5 Å². The molecule has 1 aliphatic heterocycles. The maximum Gasteiger partial charge on any atom is 0.262 e. The molecule has 7 nitrogen and oxygen atoms in total. The van der Waals surface area contributed by atoms with Gasteiger partial charge in [0.2, 0.25) is 0 Å². The van der Waals surface area contributed by atoms with E-state index in [1.165, 1.54) is 27.8 Å². The van der Waals surface area contributed by atoms with Gasteiger partial charge in [0, 0.05) is 46.3 Å². The smallest absolute Gasteiger partial charge is 0.262 e. The molecule has 30 heavy (non-hydrogen) atoms. The van der Waals surface area contributed by atoms with Gasteiger partial charge in [-0.25, -0.2) is 4.98 Å². The third kappa shape index (κ3) is 4.30. The molecule has 8 heteroatoms. The SMILES string of the molecule is Cc1c(C(=O)NCc2cccc(CN3CCN(C)CC3)c2)sc2ncn(C)c(=O)c12. The Morgan fingerprint density at radius 3 is 2.67 bits per heavy atom. The fourth-order valence-corrected chi connectivity index (χ4v) is 4.85. The largest absolute Gasteiger partial charge is 0.347 e. The summed E-state index contributed by atoms with van der Waals surface area (Å²) in [5.41, 5.74) is 2.91. The Labute approximate surface area is 179 Å². The molecule has 2 aromatic heterocycles. The van der Waals surface area contributed by atoms with Gasteiger partial charge in [-0.3, -0.25) is 14.5 Å². The number of thiophene rings is 1. The molecule has 0 aliphatic carbocycles. The maximum absolute atomic E-state index is 12.8. The lowest BCUT2D eigenvalue weighted by Crippen LogP contribution is -2.43. The summed E-state index contributed by atoms with van der Waals surface area (Å²) in [5.74, 6) is -0.165. The Morgan fingerprint density at radius 2 is 1.90 bits per heavy atom. The predicted octanol–water partition coefficient (Wildman–Crippen LogP) is 1.98. The number of piperazine rings is 1. The number of nitrogens with zero attached hydrogens (tertiary/aromatic N) is 4. The molecule has 1 amide bonds. The lowest BCUT2D eigenvalue weighted by Gasteiger charge is -2.32. The highest BCUT2D eigenvalue weighted by atomic mass is 32.1. The number of aryl methyl sites for hydroxylation is 2. The third-order valence-electron chi connectivity index (χ3n) is 5.66. The Morgan fingerprint density at radius 1 is 1.17 bits per heavy atom. The van der Waals surface area contributed by atoms with Gasteiger partial charge in [0.05, 0.1) is 16.6 Å². The van der Waals surface area contributed by atoms with Gasteiger partial charge in [0.15, 0.2) is 0 Å². The highest BCUT2D eigenvalue weighted by Crippen LogP contribution is 2.26. The zero-order valence-electron chi connectivity index (χ0n) is 17.6. The van der Waals surface area contributed by atoms with E-state index in [9.17, 15) is 9.59 Å². The van der Waals surface area contributed by atoms with E-state index < -0.39 is 0 Å². The van der Waals surface area contributed by atoms with E-state index in [-0.39, 0.29) is 11.5 Å². The fourth-order valence-electron chi connectivity index (χ4n) is 3.79. The summed E-state index contributed by atoms with van der Waals surface area (Å²) in [6.45, 7) is 7.55. The van der Waals surface area contributed by atoms with Gasteiger partial charge in [-0.1, -0.05) is 24.3 Å². The molecule has 3 heterocycles. The number of hydrogen-bond donors (Lipinski definition) is 1. The van der Waals surface area contributed by atoms with Crippen LogP contribution in [0, 0.1) is 6.92 Å². The molecule has 1 N–H and O–H groups in total. The van der Waals surface area contributed by atoms with E-state index in [1.54, 1.807) is 7.05 Å². The molecule has 1 aromatic carbocycles. The molecule has 0 atom stereocenters. The molecule has 0 spiro atoms. The number of fused-ring (bicyclic) bond motifs is 1. The number of rotatable bonds is 5. The number of hydrogen-bond acceptors (Lipinski definition) is 6. The minimum atomic E-state index is -0.165. The van der Waals surface area contributed by atoms with Crippen molar-refractivity contribution in [3.63, 3.8) is 0 Å². The van der Waals surface area contributed by atoms with E-state index in [0.717, 1.165) is 38.3 Å². The van der Waals surface area contributed by atoms with E-state index in [2.05, 4.69) is 39.3 Å². The quantitative estimate of drug-likeness (QED) is 0.677. The second-order valence-corrected chi connectivity index (χ2v) is 8.98. The minimum Gasteiger partial charge on any atom is -0.347 e. The summed E-state index contributed by atoms with van der Waals surface area (Å²) >= 11 is 1.27. The van der Waals surface area contributed by atoms with Gasteiger partial charge in [-0.05, 0) is 30.7 Å². The van der Waals surface area contributed by atoms with Crippen LogP contribution in [0.5, 0.6) is 0 Å². The number of benzene rings is 1. The lowest BCUT2D eigenvalue weighted by molar-refractivity contribution is 0.0954. The van der Waals surface area contributed by atoms with Gasteiger partial charge in [0.1, 0.15) is 4.83 Å². The third-order valence-corrected chi connectivity index (χ3v) is 6.86. The summed E-state index contributed by atoms with van der Waals surface area (Å²) in [6, 6.07) is 8.38. The number of amides is 1. The second kappa shape index (κ2) is 8.67. The van der Waals surface area contributed by atoms with E-state index in [0.29, 0.717) is 27.2 Å².